The molecule has 0 atom stereocenters. The Morgan fingerprint density at radius 3 is 2.25 bits per heavy atom. The zero-order valence-electron chi connectivity index (χ0n) is 12.8. The first-order valence-electron chi connectivity index (χ1n) is 7.47. The van der Waals surface area contributed by atoms with Crippen LogP contribution in [0.25, 0.3) is 0 Å². The van der Waals surface area contributed by atoms with Crippen molar-refractivity contribution in [1.29, 1.82) is 0 Å². The van der Waals surface area contributed by atoms with E-state index in [1.54, 1.807) is 7.11 Å². The molecule has 0 bridgehead atoms. The molecule has 0 aromatic heterocycles. The van der Waals surface area contributed by atoms with Crippen LogP contribution in [0, 0.1) is 0 Å². The highest BCUT2D eigenvalue weighted by atomic mass is 16.5. The summed E-state index contributed by atoms with van der Waals surface area (Å²) in [6.45, 7) is 0. The van der Waals surface area contributed by atoms with E-state index in [1.807, 2.05) is 38.4 Å². The second kappa shape index (κ2) is 6.40. The molecule has 1 fully saturated rings. The molecule has 3 nitrogen and oxygen atoms in total. The van der Waals surface area contributed by atoms with Crippen molar-refractivity contribution in [3.63, 3.8) is 0 Å². The summed E-state index contributed by atoms with van der Waals surface area (Å²) in [4.78, 5) is 15.3. The van der Waals surface area contributed by atoms with E-state index in [4.69, 9.17) is 4.74 Å². The van der Waals surface area contributed by atoms with Gasteiger partial charge >= 0.3 is 0 Å². The van der Waals surface area contributed by atoms with Crippen molar-refractivity contribution in [3.8, 4) is 5.75 Å². The molecule has 0 radical (unpaired) electrons. The number of methoxy groups -OCH3 is 1. The number of benzene rings is 1. The van der Waals surface area contributed by atoms with Crippen molar-refractivity contribution in [2.45, 2.75) is 44.1 Å². The number of Topliss-reactive ketones (excluding diaryl/α,β-unsaturated/α-hetero) is 1. The van der Waals surface area contributed by atoms with Gasteiger partial charge in [0, 0.05) is 0 Å². The smallest absolute Gasteiger partial charge is 0.186 e. The molecule has 1 aliphatic carbocycles. The number of para-hydroxylation sites is 1. The molecular formula is C17H25NO2. The Kier molecular flexibility index (Phi) is 4.81. The van der Waals surface area contributed by atoms with E-state index in [2.05, 4.69) is 4.90 Å². The zero-order valence-corrected chi connectivity index (χ0v) is 12.8. The molecule has 0 heterocycles. The third-order valence-corrected chi connectivity index (χ3v) is 4.56. The maximum absolute atomic E-state index is 13.2. The van der Waals surface area contributed by atoms with Crippen LogP contribution in [0.1, 0.15) is 48.9 Å². The van der Waals surface area contributed by atoms with Crippen molar-refractivity contribution in [3.05, 3.63) is 29.8 Å². The molecule has 0 saturated heterocycles. The lowest BCUT2D eigenvalue weighted by molar-refractivity contribution is 0.0632. The number of rotatable bonds is 4. The minimum absolute atomic E-state index is 0.210. The van der Waals surface area contributed by atoms with Crippen LogP contribution in [0.4, 0.5) is 0 Å². The lowest BCUT2D eigenvalue weighted by Gasteiger charge is -2.38. The maximum Gasteiger partial charge on any atom is 0.186 e. The molecule has 1 aromatic rings. The van der Waals surface area contributed by atoms with Crippen molar-refractivity contribution >= 4 is 5.78 Å². The van der Waals surface area contributed by atoms with Gasteiger partial charge in [-0.25, -0.2) is 0 Å². The predicted octanol–water partition coefficient (Wildman–Crippen LogP) is 3.53. The second-order valence-electron chi connectivity index (χ2n) is 5.87. The van der Waals surface area contributed by atoms with Crippen LogP contribution in [0.5, 0.6) is 5.75 Å². The fourth-order valence-electron chi connectivity index (χ4n) is 3.27. The third kappa shape index (κ3) is 2.73. The number of likely N-dealkylation sites (N-methyl/N-ethyl adjacent to an activating group) is 1. The number of hydrogen-bond donors (Lipinski definition) is 0. The fraction of sp³-hybridized carbons (Fsp3) is 0.588. The molecular weight excluding hydrogens is 250 g/mol. The Bertz CT molecular complexity index is 460. The van der Waals surface area contributed by atoms with E-state index in [0.717, 1.165) is 25.7 Å². The minimum atomic E-state index is -0.370. The molecule has 1 aromatic carbocycles. The second-order valence-corrected chi connectivity index (χ2v) is 5.87. The summed E-state index contributed by atoms with van der Waals surface area (Å²) in [5, 5.41) is 0. The molecule has 0 N–H and O–H groups in total. The van der Waals surface area contributed by atoms with E-state index >= 15 is 0 Å². The lowest BCUT2D eigenvalue weighted by atomic mass is 9.81. The van der Waals surface area contributed by atoms with Gasteiger partial charge in [0.15, 0.2) is 5.78 Å². The summed E-state index contributed by atoms with van der Waals surface area (Å²) < 4.78 is 5.37. The van der Waals surface area contributed by atoms with E-state index in [0.29, 0.717) is 11.3 Å². The summed E-state index contributed by atoms with van der Waals surface area (Å²) in [5.74, 6) is 0.893. The highest BCUT2D eigenvalue weighted by molar-refractivity contribution is 6.05. The van der Waals surface area contributed by atoms with E-state index in [-0.39, 0.29) is 11.3 Å². The first-order valence-corrected chi connectivity index (χ1v) is 7.47. The molecule has 20 heavy (non-hydrogen) atoms. The number of ketones is 1. The van der Waals surface area contributed by atoms with Gasteiger partial charge in [-0.1, -0.05) is 37.8 Å². The lowest BCUT2D eigenvalue weighted by Crippen LogP contribution is -2.50. The Labute approximate surface area is 121 Å². The summed E-state index contributed by atoms with van der Waals surface area (Å²) >= 11 is 0. The normalized spacial score (nSPS) is 18.6. The molecule has 0 amide bonds. The first kappa shape index (κ1) is 15.0. The van der Waals surface area contributed by atoms with Crippen molar-refractivity contribution in [2.24, 2.45) is 0 Å². The SMILES string of the molecule is COc1ccccc1C(=O)C1(N(C)C)CCCCCC1. The summed E-state index contributed by atoms with van der Waals surface area (Å²) in [7, 11) is 5.68. The standard InChI is InChI=1S/C17H25NO2/c1-18(2)17(12-8-4-5-9-13-17)16(19)14-10-6-7-11-15(14)20-3/h6-7,10-11H,4-5,8-9,12-13H2,1-3H3. The molecule has 2 rings (SSSR count). The Balaban J connectivity index is 2.40. The molecule has 1 aliphatic rings. The number of nitrogens with zero attached hydrogens (tertiary/aromatic N) is 1. The van der Waals surface area contributed by atoms with Crippen LogP contribution in [0.2, 0.25) is 0 Å². The summed E-state index contributed by atoms with van der Waals surface area (Å²) in [6.07, 6.45) is 6.59. The molecule has 1 saturated carbocycles. The number of carbonyl (C=O) groups excluding carboxylic acids is 1. The van der Waals surface area contributed by atoms with Crippen molar-refractivity contribution < 1.29 is 9.53 Å². The van der Waals surface area contributed by atoms with E-state index in [1.165, 1.54) is 12.8 Å². The van der Waals surface area contributed by atoms with Gasteiger partial charge in [-0.15, -0.1) is 0 Å². The van der Waals surface area contributed by atoms with Gasteiger partial charge in [0.05, 0.1) is 18.2 Å². The van der Waals surface area contributed by atoms with E-state index < -0.39 is 0 Å². The largest absolute Gasteiger partial charge is 0.496 e. The number of carbonyl (C=O) groups is 1. The van der Waals surface area contributed by atoms with Crippen LogP contribution < -0.4 is 4.74 Å². The van der Waals surface area contributed by atoms with Crippen molar-refractivity contribution in [2.75, 3.05) is 21.2 Å². The molecule has 110 valence electrons. The van der Waals surface area contributed by atoms with Gasteiger partial charge in [0.1, 0.15) is 5.75 Å². The maximum atomic E-state index is 13.2. The van der Waals surface area contributed by atoms with Crippen LogP contribution >= 0.6 is 0 Å². The number of hydrogen-bond acceptors (Lipinski definition) is 3. The average molecular weight is 275 g/mol. The first-order chi connectivity index (χ1) is 9.62. The molecule has 0 aliphatic heterocycles. The Morgan fingerprint density at radius 1 is 1.10 bits per heavy atom. The van der Waals surface area contributed by atoms with Gasteiger partial charge in [0.2, 0.25) is 0 Å². The topological polar surface area (TPSA) is 29.5 Å². The highest BCUT2D eigenvalue weighted by Gasteiger charge is 2.41. The van der Waals surface area contributed by atoms with Crippen LogP contribution in [-0.2, 0) is 0 Å². The van der Waals surface area contributed by atoms with Gasteiger partial charge in [-0.3, -0.25) is 9.69 Å². The van der Waals surface area contributed by atoms with E-state index in [9.17, 15) is 4.79 Å². The molecule has 3 heteroatoms. The van der Waals surface area contributed by atoms with Gasteiger partial charge in [0.25, 0.3) is 0 Å². The van der Waals surface area contributed by atoms with Crippen LogP contribution in [0.15, 0.2) is 24.3 Å². The Hall–Kier alpha value is -1.35. The monoisotopic (exact) mass is 275 g/mol. The van der Waals surface area contributed by atoms with Gasteiger partial charge in [-0.2, -0.15) is 0 Å². The zero-order chi connectivity index (χ0) is 14.6. The quantitative estimate of drug-likeness (QED) is 0.622. The fourth-order valence-corrected chi connectivity index (χ4v) is 3.27. The summed E-state index contributed by atoms with van der Waals surface area (Å²) in [6, 6.07) is 7.57. The predicted molar refractivity (Wildman–Crippen MR) is 81.4 cm³/mol. The van der Waals surface area contributed by atoms with Crippen LogP contribution in [-0.4, -0.2) is 37.4 Å². The average Bonchev–Trinajstić information content (AvgIpc) is 2.73. The van der Waals surface area contributed by atoms with Gasteiger partial charge in [-0.05, 0) is 39.1 Å². The van der Waals surface area contributed by atoms with Crippen molar-refractivity contribution in [1.82, 2.24) is 4.90 Å². The number of ether oxygens (including phenoxy) is 1. The Morgan fingerprint density at radius 2 is 1.70 bits per heavy atom. The highest BCUT2D eigenvalue weighted by Crippen LogP contribution is 2.36. The minimum Gasteiger partial charge on any atom is -0.496 e. The van der Waals surface area contributed by atoms with Crippen LogP contribution in [0.3, 0.4) is 0 Å². The molecule has 0 spiro atoms. The molecule has 0 unspecified atom stereocenters. The summed E-state index contributed by atoms with van der Waals surface area (Å²) in [5.41, 5.74) is 0.344. The third-order valence-electron chi connectivity index (χ3n) is 4.56. The van der Waals surface area contributed by atoms with Gasteiger partial charge < -0.3 is 4.74 Å².